The Balaban J connectivity index is 3.42. The first-order chi connectivity index (χ1) is 16.2. The summed E-state index contributed by atoms with van der Waals surface area (Å²) >= 11 is 0. The van der Waals surface area contributed by atoms with Crippen LogP contribution in [0, 0.1) is 19.8 Å². The van der Waals surface area contributed by atoms with Crippen molar-refractivity contribution in [1.29, 1.82) is 0 Å². The Morgan fingerprint density at radius 3 is 2.17 bits per heavy atom. The lowest BCUT2D eigenvalue weighted by molar-refractivity contribution is -0.145. The third kappa shape index (κ3) is 8.88. The molecule has 0 aliphatic carbocycles. The number of nitrogens with zero attached hydrogens (tertiary/aromatic N) is 1. The van der Waals surface area contributed by atoms with Gasteiger partial charge in [0.1, 0.15) is 24.2 Å². The highest BCUT2D eigenvalue weighted by atomic mass is 16.6. The zero-order valence-corrected chi connectivity index (χ0v) is 22.5. The van der Waals surface area contributed by atoms with Gasteiger partial charge in [-0.15, -0.1) is 0 Å². The molecule has 2 N–H and O–H groups in total. The van der Waals surface area contributed by atoms with Gasteiger partial charge in [-0.2, -0.15) is 0 Å². The van der Waals surface area contributed by atoms with Crippen molar-refractivity contribution in [3.63, 3.8) is 0 Å². The monoisotopic (exact) mass is 491 g/mol. The van der Waals surface area contributed by atoms with Crippen LogP contribution in [0.1, 0.15) is 70.7 Å². The van der Waals surface area contributed by atoms with Crippen LogP contribution in [0.5, 0.6) is 0 Å². The third-order valence-corrected chi connectivity index (χ3v) is 5.82. The number of hydrogen-bond donors (Lipinski definition) is 2. The fourth-order valence-corrected chi connectivity index (χ4v) is 3.50. The summed E-state index contributed by atoms with van der Waals surface area (Å²) in [6.45, 7) is 14.5. The number of rotatable bonds is 10. The molecule has 0 heterocycles. The highest BCUT2D eigenvalue weighted by Gasteiger charge is 2.37. The van der Waals surface area contributed by atoms with Crippen LogP contribution in [0.15, 0.2) is 18.2 Å². The Morgan fingerprint density at radius 1 is 1.06 bits per heavy atom. The van der Waals surface area contributed by atoms with E-state index in [4.69, 9.17) is 4.74 Å². The molecule has 3 amide bonds. The van der Waals surface area contributed by atoms with Gasteiger partial charge in [-0.05, 0) is 64.2 Å². The van der Waals surface area contributed by atoms with Crippen molar-refractivity contribution in [1.82, 2.24) is 15.5 Å². The number of alkyl carbamates (subject to hydrolysis) is 1. The summed E-state index contributed by atoms with van der Waals surface area (Å²) in [5, 5.41) is 5.28. The van der Waals surface area contributed by atoms with E-state index in [1.54, 1.807) is 33.8 Å². The number of benzene rings is 1. The van der Waals surface area contributed by atoms with Crippen molar-refractivity contribution < 1.29 is 28.7 Å². The number of aryl methyl sites for hydroxylation is 2. The highest BCUT2D eigenvalue weighted by molar-refractivity contribution is 5.93. The second-order valence-corrected chi connectivity index (χ2v) is 9.67. The molecule has 0 aromatic heterocycles. The maximum absolute atomic E-state index is 13.8. The molecule has 0 saturated carbocycles. The van der Waals surface area contributed by atoms with E-state index < -0.39 is 41.6 Å². The molecule has 35 heavy (non-hydrogen) atoms. The summed E-state index contributed by atoms with van der Waals surface area (Å²) in [4.78, 5) is 52.7. The Bertz CT molecular complexity index is 909. The van der Waals surface area contributed by atoms with Crippen LogP contribution in [-0.4, -0.2) is 60.6 Å². The topological polar surface area (TPSA) is 114 Å². The number of likely N-dealkylation sites (N-methyl/N-ethyl adjacent to an activating group) is 1. The lowest BCUT2D eigenvalue weighted by Gasteiger charge is -2.35. The minimum Gasteiger partial charge on any atom is -0.468 e. The van der Waals surface area contributed by atoms with Crippen molar-refractivity contribution in [3.05, 3.63) is 34.9 Å². The minimum atomic E-state index is -1.01. The zero-order valence-electron chi connectivity index (χ0n) is 22.5. The predicted octanol–water partition coefficient (Wildman–Crippen LogP) is 3.42. The number of ether oxygens (including phenoxy) is 2. The molecule has 0 bridgehead atoms. The van der Waals surface area contributed by atoms with Gasteiger partial charge in [0.05, 0.1) is 7.11 Å². The maximum Gasteiger partial charge on any atom is 0.408 e. The fraction of sp³-hybridized carbons (Fsp3) is 0.615. The Morgan fingerprint density at radius 2 is 1.69 bits per heavy atom. The molecule has 0 spiro atoms. The Kier molecular flexibility index (Phi) is 11.2. The van der Waals surface area contributed by atoms with Gasteiger partial charge in [-0.1, -0.05) is 38.5 Å². The molecule has 0 radical (unpaired) electrons. The molecule has 1 rings (SSSR count). The van der Waals surface area contributed by atoms with Crippen LogP contribution in [0.4, 0.5) is 4.79 Å². The van der Waals surface area contributed by atoms with E-state index in [-0.39, 0.29) is 19.0 Å². The number of carbonyl (C=O) groups is 4. The van der Waals surface area contributed by atoms with E-state index in [1.807, 2.05) is 39.8 Å². The summed E-state index contributed by atoms with van der Waals surface area (Å²) in [7, 11) is 1.23. The van der Waals surface area contributed by atoms with Gasteiger partial charge in [-0.3, -0.25) is 14.4 Å². The van der Waals surface area contributed by atoms with Gasteiger partial charge in [0.15, 0.2) is 0 Å². The summed E-state index contributed by atoms with van der Waals surface area (Å²) in [5.74, 6) is -1.75. The molecule has 0 aliphatic rings. The number of amides is 3. The van der Waals surface area contributed by atoms with E-state index in [0.29, 0.717) is 12.0 Å². The van der Waals surface area contributed by atoms with Gasteiger partial charge in [0.25, 0.3) is 0 Å². The minimum absolute atomic E-state index is 0.199. The molecule has 196 valence electrons. The van der Waals surface area contributed by atoms with E-state index in [2.05, 4.69) is 15.4 Å². The first-order valence-electron chi connectivity index (χ1n) is 12.0. The molecule has 1 aromatic carbocycles. The number of nitrogens with one attached hydrogen (secondary N) is 2. The molecule has 0 fully saturated rings. The molecule has 0 saturated heterocycles. The summed E-state index contributed by atoms with van der Waals surface area (Å²) in [6, 6.07) is 3.61. The maximum atomic E-state index is 13.8. The smallest absolute Gasteiger partial charge is 0.408 e. The summed E-state index contributed by atoms with van der Waals surface area (Å²) in [5.41, 5.74) is 1.88. The second kappa shape index (κ2) is 13.1. The highest BCUT2D eigenvalue weighted by Crippen LogP contribution is 2.26. The van der Waals surface area contributed by atoms with Crippen LogP contribution in [-0.2, 0) is 23.9 Å². The SMILES string of the molecule is CCC(C)C(NC(=O)OC(C)(C)C)C(=O)N(CC)C(C(=O)NCC(=O)OC)c1ccc(C)c(C)c1. The average Bonchev–Trinajstić information content (AvgIpc) is 2.78. The molecule has 9 heteroatoms. The van der Waals surface area contributed by atoms with Crippen molar-refractivity contribution in [2.45, 2.75) is 79.5 Å². The van der Waals surface area contributed by atoms with Gasteiger partial charge in [0, 0.05) is 6.54 Å². The lowest BCUT2D eigenvalue weighted by atomic mass is 9.95. The number of hydrogen-bond acceptors (Lipinski definition) is 6. The van der Waals surface area contributed by atoms with E-state index in [9.17, 15) is 19.2 Å². The zero-order chi connectivity index (χ0) is 26.9. The normalized spacial score (nSPS) is 13.7. The van der Waals surface area contributed by atoms with Crippen molar-refractivity contribution >= 4 is 23.9 Å². The van der Waals surface area contributed by atoms with Crippen molar-refractivity contribution in [2.75, 3.05) is 20.2 Å². The predicted molar refractivity (Wildman–Crippen MR) is 134 cm³/mol. The second-order valence-electron chi connectivity index (χ2n) is 9.67. The fourth-order valence-electron chi connectivity index (χ4n) is 3.50. The molecular formula is C26H41N3O6. The standard InChI is InChI=1S/C26H41N3O6/c1-10-16(3)21(28-25(33)35-26(6,7)8)24(32)29(11-2)22(23(31)27-15-20(30)34-9)19-13-12-17(4)18(5)14-19/h12-14,16,21-22H,10-11,15H2,1-9H3,(H,27,31)(H,28,33). The van der Waals surface area contributed by atoms with E-state index >= 15 is 0 Å². The number of carbonyl (C=O) groups excluding carboxylic acids is 4. The van der Waals surface area contributed by atoms with Crippen LogP contribution < -0.4 is 10.6 Å². The number of esters is 1. The Labute approximate surface area is 208 Å². The van der Waals surface area contributed by atoms with Crippen LogP contribution in [0.3, 0.4) is 0 Å². The van der Waals surface area contributed by atoms with Gasteiger partial charge < -0.3 is 25.0 Å². The average molecular weight is 492 g/mol. The van der Waals surface area contributed by atoms with Gasteiger partial charge >= 0.3 is 12.1 Å². The van der Waals surface area contributed by atoms with Crippen LogP contribution >= 0.6 is 0 Å². The molecule has 0 aliphatic heterocycles. The Hall–Kier alpha value is -3.10. The largest absolute Gasteiger partial charge is 0.468 e. The van der Waals surface area contributed by atoms with Gasteiger partial charge in [-0.25, -0.2) is 4.79 Å². The van der Waals surface area contributed by atoms with Crippen molar-refractivity contribution in [3.8, 4) is 0 Å². The first kappa shape index (κ1) is 29.9. The quantitative estimate of drug-likeness (QED) is 0.485. The third-order valence-electron chi connectivity index (χ3n) is 5.82. The first-order valence-corrected chi connectivity index (χ1v) is 12.0. The lowest BCUT2D eigenvalue weighted by Crippen LogP contribution is -2.55. The summed E-state index contributed by atoms with van der Waals surface area (Å²) < 4.78 is 10.0. The number of methoxy groups -OCH3 is 1. The molecule has 3 unspecified atom stereocenters. The van der Waals surface area contributed by atoms with Crippen molar-refractivity contribution in [2.24, 2.45) is 5.92 Å². The molecule has 1 aromatic rings. The van der Waals surface area contributed by atoms with E-state index in [1.165, 1.54) is 12.0 Å². The van der Waals surface area contributed by atoms with Gasteiger partial charge in [0.2, 0.25) is 11.8 Å². The molecule has 3 atom stereocenters. The van der Waals surface area contributed by atoms with Crippen LogP contribution in [0.25, 0.3) is 0 Å². The van der Waals surface area contributed by atoms with E-state index in [0.717, 1.165) is 11.1 Å². The summed E-state index contributed by atoms with van der Waals surface area (Å²) in [6.07, 6.45) is -0.0860. The molecule has 9 nitrogen and oxygen atoms in total. The molecular weight excluding hydrogens is 450 g/mol. The van der Waals surface area contributed by atoms with Crippen LogP contribution in [0.2, 0.25) is 0 Å².